The molecule has 0 bridgehead atoms. The van der Waals surface area contributed by atoms with Gasteiger partial charge in [-0.3, -0.25) is 0 Å². The lowest BCUT2D eigenvalue weighted by Gasteiger charge is -2.15. The van der Waals surface area contributed by atoms with Gasteiger partial charge in [0.05, 0.1) is 6.10 Å². The number of hydrogen-bond acceptors (Lipinski definition) is 2. The predicted octanol–water partition coefficient (Wildman–Crippen LogP) is 2.27. The molecule has 3 heteroatoms. The Bertz CT molecular complexity index is 340. The Labute approximate surface area is 104 Å². The van der Waals surface area contributed by atoms with E-state index in [0.717, 1.165) is 18.7 Å². The molecule has 1 unspecified atom stereocenters. The molecule has 1 aromatic rings. The smallest absolute Gasteiger partial charge is 0.0827 e. The van der Waals surface area contributed by atoms with Gasteiger partial charge >= 0.3 is 0 Å². The molecule has 1 aliphatic heterocycles. The monoisotopic (exact) mass is 236 g/mol. The standard InChI is InChI=1S/C14H24N2O/c1-12(2)14(17)13-5-8-16(11-13)10-9-15-6-3-4-7-15/h5,8,11-12,14,17H,3-4,6-7,9-10H2,1-2H3. The van der Waals surface area contributed by atoms with E-state index in [1.54, 1.807) is 0 Å². The Morgan fingerprint density at radius 1 is 1.24 bits per heavy atom. The van der Waals surface area contributed by atoms with Crippen molar-refractivity contribution in [2.75, 3.05) is 19.6 Å². The fourth-order valence-corrected chi connectivity index (χ4v) is 2.42. The Morgan fingerprint density at radius 3 is 2.59 bits per heavy atom. The molecule has 1 aliphatic rings. The highest BCUT2D eigenvalue weighted by atomic mass is 16.3. The summed E-state index contributed by atoms with van der Waals surface area (Å²) in [6, 6.07) is 2.04. The summed E-state index contributed by atoms with van der Waals surface area (Å²) in [6.07, 6.45) is 6.53. The zero-order valence-electron chi connectivity index (χ0n) is 11.0. The van der Waals surface area contributed by atoms with Crippen LogP contribution in [0.3, 0.4) is 0 Å². The van der Waals surface area contributed by atoms with Gasteiger partial charge in [-0.1, -0.05) is 13.8 Å². The summed E-state index contributed by atoms with van der Waals surface area (Å²) in [6.45, 7) is 8.76. The van der Waals surface area contributed by atoms with E-state index in [1.165, 1.54) is 25.9 Å². The summed E-state index contributed by atoms with van der Waals surface area (Å²) < 4.78 is 2.19. The second-order valence-corrected chi connectivity index (χ2v) is 5.42. The first-order valence-corrected chi connectivity index (χ1v) is 6.73. The lowest BCUT2D eigenvalue weighted by molar-refractivity contribution is 0.127. The van der Waals surface area contributed by atoms with Crippen LogP contribution in [0, 0.1) is 5.92 Å². The highest BCUT2D eigenvalue weighted by molar-refractivity contribution is 5.14. The Morgan fingerprint density at radius 2 is 1.94 bits per heavy atom. The van der Waals surface area contributed by atoms with Crippen LogP contribution < -0.4 is 0 Å². The highest BCUT2D eigenvalue weighted by Crippen LogP contribution is 2.21. The summed E-state index contributed by atoms with van der Waals surface area (Å²) in [5.41, 5.74) is 1.04. The van der Waals surface area contributed by atoms with Crippen molar-refractivity contribution in [3.63, 3.8) is 0 Å². The van der Waals surface area contributed by atoms with Crippen LogP contribution in [0.4, 0.5) is 0 Å². The van der Waals surface area contributed by atoms with Gasteiger partial charge in [-0.05, 0) is 43.5 Å². The van der Waals surface area contributed by atoms with Gasteiger partial charge in [-0.2, -0.15) is 0 Å². The zero-order chi connectivity index (χ0) is 12.3. The van der Waals surface area contributed by atoms with Gasteiger partial charge < -0.3 is 14.6 Å². The van der Waals surface area contributed by atoms with E-state index in [0.29, 0.717) is 0 Å². The Kier molecular flexibility index (Phi) is 4.24. The lowest BCUT2D eigenvalue weighted by Crippen LogP contribution is -2.23. The Hall–Kier alpha value is -0.800. The maximum absolute atomic E-state index is 9.97. The van der Waals surface area contributed by atoms with E-state index in [4.69, 9.17) is 0 Å². The molecule has 0 saturated carbocycles. The van der Waals surface area contributed by atoms with Crippen LogP contribution in [0.2, 0.25) is 0 Å². The van der Waals surface area contributed by atoms with Crippen molar-refractivity contribution in [2.24, 2.45) is 5.92 Å². The molecule has 2 rings (SSSR count). The first-order chi connectivity index (χ1) is 8.16. The van der Waals surface area contributed by atoms with Crippen LogP contribution in [0.1, 0.15) is 38.4 Å². The third-order valence-corrected chi connectivity index (χ3v) is 3.62. The molecule has 2 heterocycles. The number of rotatable bonds is 5. The van der Waals surface area contributed by atoms with Crippen LogP contribution in [0.15, 0.2) is 18.5 Å². The summed E-state index contributed by atoms with van der Waals surface area (Å²) in [5.74, 6) is 0.282. The molecular formula is C14H24N2O. The van der Waals surface area contributed by atoms with Crippen LogP contribution in [-0.2, 0) is 6.54 Å². The summed E-state index contributed by atoms with van der Waals surface area (Å²) in [4.78, 5) is 2.51. The van der Waals surface area contributed by atoms with Gasteiger partial charge in [-0.25, -0.2) is 0 Å². The fourth-order valence-electron chi connectivity index (χ4n) is 2.42. The topological polar surface area (TPSA) is 28.4 Å². The van der Waals surface area contributed by atoms with Gasteiger partial charge in [0.15, 0.2) is 0 Å². The van der Waals surface area contributed by atoms with Crippen molar-refractivity contribution in [1.82, 2.24) is 9.47 Å². The van der Waals surface area contributed by atoms with Crippen molar-refractivity contribution < 1.29 is 5.11 Å². The van der Waals surface area contributed by atoms with Crippen LogP contribution in [-0.4, -0.2) is 34.2 Å². The second kappa shape index (κ2) is 5.69. The second-order valence-electron chi connectivity index (χ2n) is 5.42. The molecule has 0 radical (unpaired) electrons. The minimum absolute atomic E-state index is 0.282. The maximum atomic E-state index is 9.97. The van der Waals surface area contributed by atoms with Crippen molar-refractivity contribution in [3.05, 3.63) is 24.0 Å². The normalized spacial score (nSPS) is 19.1. The number of likely N-dealkylation sites (tertiary alicyclic amines) is 1. The lowest BCUT2D eigenvalue weighted by atomic mass is 10.0. The first kappa shape index (κ1) is 12.7. The molecule has 3 nitrogen and oxygen atoms in total. The number of hydrogen-bond donors (Lipinski definition) is 1. The maximum Gasteiger partial charge on any atom is 0.0827 e. The van der Waals surface area contributed by atoms with Crippen molar-refractivity contribution in [1.29, 1.82) is 0 Å². The molecule has 1 saturated heterocycles. The fraction of sp³-hybridized carbons (Fsp3) is 0.714. The van der Waals surface area contributed by atoms with E-state index in [2.05, 4.69) is 21.9 Å². The SMILES string of the molecule is CC(C)C(O)c1ccn(CCN2CCCC2)c1. The molecule has 1 atom stereocenters. The molecule has 0 spiro atoms. The van der Waals surface area contributed by atoms with Crippen LogP contribution >= 0.6 is 0 Å². The molecular weight excluding hydrogens is 212 g/mol. The van der Waals surface area contributed by atoms with Crippen LogP contribution in [0.5, 0.6) is 0 Å². The van der Waals surface area contributed by atoms with E-state index < -0.39 is 0 Å². The summed E-state index contributed by atoms with van der Waals surface area (Å²) in [5, 5.41) is 9.97. The number of nitrogens with zero attached hydrogens (tertiary/aromatic N) is 2. The third-order valence-electron chi connectivity index (χ3n) is 3.62. The molecule has 1 fully saturated rings. The first-order valence-electron chi connectivity index (χ1n) is 6.73. The van der Waals surface area contributed by atoms with Crippen molar-refractivity contribution >= 4 is 0 Å². The van der Waals surface area contributed by atoms with Crippen molar-refractivity contribution in [3.8, 4) is 0 Å². The van der Waals surface area contributed by atoms with E-state index in [1.807, 2.05) is 19.9 Å². The molecule has 0 aliphatic carbocycles. The Balaban J connectivity index is 1.85. The molecule has 96 valence electrons. The van der Waals surface area contributed by atoms with Crippen LogP contribution in [0.25, 0.3) is 0 Å². The van der Waals surface area contributed by atoms with E-state index in [-0.39, 0.29) is 12.0 Å². The molecule has 17 heavy (non-hydrogen) atoms. The summed E-state index contributed by atoms with van der Waals surface area (Å²) >= 11 is 0. The minimum atomic E-state index is -0.331. The van der Waals surface area contributed by atoms with Gasteiger partial charge in [0, 0.05) is 25.5 Å². The molecule has 1 N–H and O–H groups in total. The largest absolute Gasteiger partial charge is 0.388 e. The molecule has 0 amide bonds. The average Bonchev–Trinajstić information content (AvgIpc) is 2.96. The van der Waals surface area contributed by atoms with Gasteiger partial charge in [-0.15, -0.1) is 0 Å². The predicted molar refractivity (Wildman–Crippen MR) is 69.9 cm³/mol. The number of aliphatic hydroxyl groups excluding tert-OH is 1. The number of aliphatic hydroxyl groups is 1. The molecule has 0 aromatic carbocycles. The third kappa shape index (κ3) is 3.33. The molecule has 1 aromatic heterocycles. The van der Waals surface area contributed by atoms with Crippen molar-refractivity contribution in [2.45, 2.75) is 39.3 Å². The van der Waals surface area contributed by atoms with E-state index >= 15 is 0 Å². The zero-order valence-corrected chi connectivity index (χ0v) is 11.0. The quantitative estimate of drug-likeness (QED) is 0.849. The average molecular weight is 236 g/mol. The van der Waals surface area contributed by atoms with Gasteiger partial charge in [0.2, 0.25) is 0 Å². The summed E-state index contributed by atoms with van der Waals surface area (Å²) in [7, 11) is 0. The number of aromatic nitrogens is 1. The van der Waals surface area contributed by atoms with E-state index in [9.17, 15) is 5.11 Å². The highest BCUT2D eigenvalue weighted by Gasteiger charge is 2.14. The van der Waals surface area contributed by atoms with Gasteiger partial charge in [0.25, 0.3) is 0 Å². The minimum Gasteiger partial charge on any atom is -0.388 e. The van der Waals surface area contributed by atoms with Gasteiger partial charge in [0.1, 0.15) is 0 Å².